The molecule has 4 heteroatoms. The number of rotatable bonds is 4. The van der Waals surface area contributed by atoms with Crippen LogP contribution < -0.4 is 0 Å². The first-order chi connectivity index (χ1) is 8.69. The summed E-state index contributed by atoms with van der Waals surface area (Å²) in [6.07, 6.45) is 6.98. The van der Waals surface area contributed by atoms with Crippen molar-refractivity contribution in [2.24, 2.45) is 17.8 Å². The Morgan fingerprint density at radius 3 is 2.56 bits per heavy atom. The minimum absolute atomic E-state index is 0.459. The molecule has 0 aromatic carbocycles. The normalized spacial score (nSPS) is 30.6. The first kappa shape index (κ1) is 12.6. The summed E-state index contributed by atoms with van der Waals surface area (Å²) in [5.41, 5.74) is 0. The molecule has 1 heterocycles. The summed E-state index contributed by atoms with van der Waals surface area (Å²) in [5.74, 6) is 5.14. The van der Waals surface area contributed by atoms with Gasteiger partial charge < -0.3 is 4.57 Å². The number of fused-ring (bicyclic) bond motifs is 2. The lowest BCUT2D eigenvalue weighted by Gasteiger charge is -2.22. The second-order valence-electron chi connectivity index (χ2n) is 6.27. The fourth-order valence-corrected chi connectivity index (χ4v) is 4.43. The van der Waals surface area contributed by atoms with Crippen LogP contribution in [0.4, 0.5) is 0 Å². The Morgan fingerprint density at radius 1 is 1.22 bits per heavy atom. The number of hydrogen-bond donors (Lipinski definition) is 0. The molecule has 18 heavy (non-hydrogen) atoms. The monoisotopic (exact) mass is 311 g/mol. The van der Waals surface area contributed by atoms with Crippen molar-refractivity contribution >= 4 is 15.9 Å². The molecule has 3 rings (SSSR count). The fourth-order valence-electron chi connectivity index (χ4n) is 4.05. The van der Waals surface area contributed by atoms with E-state index in [0.717, 1.165) is 35.3 Å². The van der Waals surface area contributed by atoms with Gasteiger partial charge in [-0.3, -0.25) is 0 Å². The Bertz CT molecular complexity index is 427. The summed E-state index contributed by atoms with van der Waals surface area (Å²) >= 11 is 3.51. The third-order valence-corrected chi connectivity index (χ3v) is 5.30. The lowest BCUT2D eigenvalue weighted by molar-refractivity contribution is 0.321. The quantitative estimate of drug-likeness (QED) is 0.793. The van der Waals surface area contributed by atoms with E-state index < -0.39 is 0 Å². The topological polar surface area (TPSA) is 30.7 Å². The molecule has 2 fully saturated rings. The number of alkyl halides is 1. The van der Waals surface area contributed by atoms with E-state index in [9.17, 15) is 0 Å². The van der Waals surface area contributed by atoms with Gasteiger partial charge in [0.1, 0.15) is 11.6 Å². The molecule has 2 bridgehead atoms. The van der Waals surface area contributed by atoms with Gasteiger partial charge in [-0.25, -0.2) is 0 Å². The molecule has 100 valence electrons. The van der Waals surface area contributed by atoms with Gasteiger partial charge in [-0.15, -0.1) is 10.2 Å². The van der Waals surface area contributed by atoms with Gasteiger partial charge in [0.25, 0.3) is 0 Å². The summed E-state index contributed by atoms with van der Waals surface area (Å²) in [7, 11) is 0. The Hall–Kier alpha value is -0.380. The molecule has 0 amide bonds. The average molecular weight is 312 g/mol. The van der Waals surface area contributed by atoms with Gasteiger partial charge in [-0.1, -0.05) is 22.4 Å². The average Bonchev–Trinajstić information content (AvgIpc) is 3.02. The Kier molecular flexibility index (Phi) is 3.48. The maximum Gasteiger partial charge on any atom is 0.143 e. The molecule has 2 aliphatic carbocycles. The number of hydrogen-bond acceptors (Lipinski definition) is 2. The third kappa shape index (κ3) is 2.13. The van der Waals surface area contributed by atoms with Crippen LogP contribution in [0.5, 0.6) is 0 Å². The van der Waals surface area contributed by atoms with E-state index in [2.05, 4.69) is 44.5 Å². The van der Waals surface area contributed by atoms with Crippen LogP contribution in [-0.2, 0) is 11.8 Å². The zero-order chi connectivity index (χ0) is 12.7. The van der Waals surface area contributed by atoms with E-state index >= 15 is 0 Å². The number of halogens is 1. The maximum atomic E-state index is 4.44. The van der Waals surface area contributed by atoms with Crippen molar-refractivity contribution in [3.63, 3.8) is 0 Å². The molecular weight excluding hydrogens is 290 g/mol. The van der Waals surface area contributed by atoms with Crippen molar-refractivity contribution in [1.29, 1.82) is 0 Å². The van der Waals surface area contributed by atoms with Crippen LogP contribution in [0.3, 0.4) is 0 Å². The summed E-state index contributed by atoms with van der Waals surface area (Å²) < 4.78 is 2.32. The van der Waals surface area contributed by atoms with E-state index in [0.29, 0.717) is 6.04 Å². The van der Waals surface area contributed by atoms with Gasteiger partial charge in [-0.2, -0.15) is 0 Å². The highest BCUT2D eigenvalue weighted by Crippen LogP contribution is 2.49. The molecule has 0 radical (unpaired) electrons. The SMILES string of the molecule is CC(C)n1c(CBr)nnc1CC1CC2CCC1C2. The standard InChI is InChI=1S/C14H22BrN3/c1-9(2)18-13(16-17-14(18)8-15)7-12-6-10-3-4-11(12)5-10/h9-12H,3-8H2,1-2H3. The molecule has 0 aliphatic heterocycles. The molecule has 2 saturated carbocycles. The zero-order valence-corrected chi connectivity index (χ0v) is 12.9. The molecule has 3 unspecified atom stereocenters. The van der Waals surface area contributed by atoms with Gasteiger partial charge in [0.15, 0.2) is 0 Å². The van der Waals surface area contributed by atoms with E-state index in [1.807, 2.05) is 0 Å². The van der Waals surface area contributed by atoms with Crippen LogP contribution in [0.15, 0.2) is 0 Å². The van der Waals surface area contributed by atoms with E-state index in [4.69, 9.17) is 0 Å². The summed E-state index contributed by atoms with van der Waals surface area (Å²) in [5, 5.41) is 9.56. The lowest BCUT2D eigenvalue weighted by atomic mass is 9.86. The van der Waals surface area contributed by atoms with E-state index in [1.54, 1.807) is 0 Å². The Morgan fingerprint density at radius 2 is 2.00 bits per heavy atom. The van der Waals surface area contributed by atoms with Crippen molar-refractivity contribution in [1.82, 2.24) is 14.8 Å². The predicted molar refractivity (Wildman–Crippen MR) is 75.7 cm³/mol. The maximum absolute atomic E-state index is 4.44. The minimum atomic E-state index is 0.459. The third-order valence-electron chi connectivity index (χ3n) is 4.80. The first-order valence-electron chi connectivity index (χ1n) is 7.17. The first-order valence-corrected chi connectivity index (χ1v) is 8.29. The molecule has 3 atom stereocenters. The molecule has 0 saturated heterocycles. The highest BCUT2D eigenvalue weighted by molar-refractivity contribution is 9.08. The van der Waals surface area contributed by atoms with Crippen molar-refractivity contribution in [3.05, 3.63) is 11.6 Å². The molecule has 1 aromatic heterocycles. The number of aromatic nitrogens is 3. The molecule has 0 spiro atoms. The molecule has 1 aromatic rings. The minimum Gasteiger partial charge on any atom is -0.312 e. The van der Waals surface area contributed by atoms with Gasteiger partial charge in [0.2, 0.25) is 0 Å². The van der Waals surface area contributed by atoms with Gasteiger partial charge in [0.05, 0.1) is 5.33 Å². The lowest BCUT2D eigenvalue weighted by Crippen LogP contribution is -2.17. The predicted octanol–water partition coefficient (Wildman–Crippen LogP) is 3.73. The summed E-state index contributed by atoms with van der Waals surface area (Å²) in [6, 6.07) is 0.459. The molecule has 3 nitrogen and oxygen atoms in total. The Balaban J connectivity index is 1.78. The van der Waals surface area contributed by atoms with Gasteiger partial charge in [0, 0.05) is 12.5 Å². The summed E-state index contributed by atoms with van der Waals surface area (Å²) in [4.78, 5) is 0. The fraction of sp³-hybridized carbons (Fsp3) is 0.857. The summed E-state index contributed by atoms with van der Waals surface area (Å²) in [6.45, 7) is 4.44. The van der Waals surface area contributed by atoms with Crippen LogP contribution in [0.25, 0.3) is 0 Å². The van der Waals surface area contributed by atoms with Crippen LogP contribution in [0.1, 0.15) is 57.2 Å². The van der Waals surface area contributed by atoms with Crippen molar-refractivity contribution in [2.45, 2.75) is 57.3 Å². The van der Waals surface area contributed by atoms with Gasteiger partial charge in [-0.05, 0) is 50.9 Å². The van der Waals surface area contributed by atoms with Crippen molar-refractivity contribution < 1.29 is 0 Å². The van der Waals surface area contributed by atoms with Gasteiger partial charge >= 0.3 is 0 Å². The van der Waals surface area contributed by atoms with Crippen LogP contribution in [0.2, 0.25) is 0 Å². The smallest absolute Gasteiger partial charge is 0.143 e. The van der Waals surface area contributed by atoms with Crippen molar-refractivity contribution in [2.75, 3.05) is 0 Å². The molecule has 0 N–H and O–H groups in total. The largest absolute Gasteiger partial charge is 0.312 e. The molecule has 2 aliphatic rings. The van der Waals surface area contributed by atoms with Crippen LogP contribution in [0, 0.1) is 17.8 Å². The van der Waals surface area contributed by atoms with Crippen LogP contribution >= 0.6 is 15.9 Å². The highest BCUT2D eigenvalue weighted by atomic mass is 79.9. The van der Waals surface area contributed by atoms with E-state index in [1.165, 1.54) is 31.5 Å². The van der Waals surface area contributed by atoms with Crippen LogP contribution in [-0.4, -0.2) is 14.8 Å². The second kappa shape index (κ2) is 4.95. The Labute approximate surface area is 117 Å². The second-order valence-corrected chi connectivity index (χ2v) is 6.83. The van der Waals surface area contributed by atoms with E-state index in [-0.39, 0.29) is 0 Å². The number of nitrogens with zero attached hydrogens (tertiary/aromatic N) is 3. The molecular formula is C14H22BrN3. The zero-order valence-electron chi connectivity index (χ0n) is 11.3. The highest BCUT2D eigenvalue weighted by Gasteiger charge is 2.40. The van der Waals surface area contributed by atoms with Crippen molar-refractivity contribution in [3.8, 4) is 0 Å².